The third kappa shape index (κ3) is 4.57. The zero-order valence-corrected chi connectivity index (χ0v) is 18.3. The number of aryl methyl sites for hydroxylation is 2. The van der Waals surface area contributed by atoms with E-state index in [0.29, 0.717) is 25.1 Å². The number of sulfonamides is 1. The summed E-state index contributed by atoms with van der Waals surface area (Å²) in [5, 5.41) is 3.22. The highest BCUT2D eigenvalue weighted by Crippen LogP contribution is 2.30. The van der Waals surface area contributed by atoms with Gasteiger partial charge in [0.15, 0.2) is 0 Å². The first-order valence-electron chi connectivity index (χ1n) is 9.45. The van der Waals surface area contributed by atoms with Gasteiger partial charge in [0.1, 0.15) is 5.75 Å². The lowest BCUT2D eigenvalue weighted by Crippen LogP contribution is -2.43. The third-order valence-corrected chi connectivity index (χ3v) is 7.40. The van der Waals surface area contributed by atoms with Gasteiger partial charge in [-0.15, -0.1) is 0 Å². The van der Waals surface area contributed by atoms with E-state index >= 15 is 0 Å². The van der Waals surface area contributed by atoms with Crippen LogP contribution in [0.5, 0.6) is 5.75 Å². The molecule has 0 radical (unpaired) electrons. The first-order valence-corrected chi connectivity index (χ1v) is 11.3. The lowest BCUT2D eigenvalue weighted by Gasteiger charge is -2.31. The van der Waals surface area contributed by atoms with E-state index in [2.05, 4.69) is 5.32 Å². The van der Waals surface area contributed by atoms with Crippen molar-refractivity contribution in [3.05, 3.63) is 52.5 Å². The van der Waals surface area contributed by atoms with Gasteiger partial charge in [-0.3, -0.25) is 4.79 Å². The predicted molar refractivity (Wildman–Crippen MR) is 114 cm³/mol. The number of carbonyl (C=O) groups excluding carboxylic acids is 1. The van der Waals surface area contributed by atoms with Crippen LogP contribution < -0.4 is 10.1 Å². The number of ether oxygens (including phenoxy) is 1. The molecule has 1 atom stereocenters. The van der Waals surface area contributed by atoms with Gasteiger partial charge in [0.2, 0.25) is 15.9 Å². The monoisotopic (exact) mass is 436 g/mol. The minimum absolute atomic E-state index is 0.0964. The smallest absolute Gasteiger partial charge is 0.243 e. The second-order valence-corrected chi connectivity index (χ2v) is 9.60. The van der Waals surface area contributed by atoms with Gasteiger partial charge in [-0.25, -0.2) is 8.42 Å². The van der Waals surface area contributed by atoms with Crippen LogP contribution in [0.25, 0.3) is 0 Å². The number of hydrogen-bond donors (Lipinski definition) is 1. The number of amides is 1. The molecule has 6 nitrogen and oxygen atoms in total. The van der Waals surface area contributed by atoms with E-state index in [1.165, 1.54) is 29.6 Å². The van der Waals surface area contributed by atoms with Gasteiger partial charge in [-0.2, -0.15) is 4.31 Å². The van der Waals surface area contributed by atoms with Crippen LogP contribution in [0.15, 0.2) is 41.3 Å². The molecule has 2 aromatic carbocycles. The Bertz CT molecular complexity index is 1000. The summed E-state index contributed by atoms with van der Waals surface area (Å²) in [5.74, 6) is -0.156. The summed E-state index contributed by atoms with van der Waals surface area (Å²) in [6.45, 7) is 4.39. The number of anilines is 1. The van der Waals surface area contributed by atoms with Crippen LogP contribution in [0.1, 0.15) is 24.0 Å². The van der Waals surface area contributed by atoms with Gasteiger partial charge in [-0.05, 0) is 56.0 Å². The Balaban J connectivity index is 1.77. The molecule has 0 saturated carbocycles. The Morgan fingerprint density at radius 1 is 1.21 bits per heavy atom. The van der Waals surface area contributed by atoms with Gasteiger partial charge in [0.05, 0.1) is 22.9 Å². The van der Waals surface area contributed by atoms with Crippen molar-refractivity contribution in [2.45, 2.75) is 31.6 Å². The maximum atomic E-state index is 13.1. The molecule has 29 heavy (non-hydrogen) atoms. The fourth-order valence-electron chi connectivity index (χ4n) is 3.57. The zero-order chi connectivity index (χ0) is 21.2. The topological polar surface area (TPSA) is 75.7 Å². The zero-order valence-electron chi connectivity index (χ0n) is 16.7. The maximum Gasteiger partial charge on any atom is 0.243 e. The average molecular weight is 437 g/mol. The number of hydrogen-bond acceptors (Lipinski definition) is 4. The molecule has 1 unspecified atom stereocenters. The van der Waals surface area contributed by atoms with Crippen molar-refractivity contribution in [2.24, 2.45) is 5.92 Å². The van der Waals surface area contributed by atoms with Crippen LogP contribution in [0.4, 0.5) is 5.69 Å². The number of para-hydroxylation sites is 1. The van der Waals surface area contributed by atoms with E-state index < -0.39 is 15.9 Å². The summed E-state index contributed by atoms with van der Waals surface area (Å²) >= 11 is 6.10. The van der Waals surface area contributed by atoms with E-state index in [4.69, 9.17) is 16.3 Å². The SMILES string of the molecule is COc1ccc(S(=O)(=O)N2CCCC(C(=O)Nc3c(C)cccc3C)C2)cc1Cl. The van der Waals surface area contributed by atoms with Crippen molar-refractivity contribution in [1.29, 1.82) is 0 Å². The molecular weight excluding hydrogens is 412 g/mol. The van der Waals surface area contributed by atoms with Crippen molar-refractivity contribution in [3.8, 4) is 5.75 Å². The number of benzene rings is 2. The first kappa shape index (κ1) is 21.6. The highest BCUT2D eigenvalue weighted by molar-refractivity contribution is 7.89. The molecule has 1 heterocycles. The van der Waals surface area contributed by atoms with Crippen LogP contribution in [0.3, 0.4) is 0 Å². The molecule has 0 aliphatic carbocycles. The Morgan fingerprint density at radius 3 is 2.52 bits per heavy atom. The van der Waals surface area contributed by atoms with Crippen LogP contribution in [-0.2, 0) is 14.8 Å². The van der Waals surface area contributed by atoms with E-state index in [1.807, 2.05) is 32.0 Å². The molecule has 0 spiro atoms. The second kappa shape index (κ2) is 8.73. The van der Waals surface area contributed by atoms with Gasteiger partial charge in [0.25, 0.3) is 0 Å². The summed E-state index contributed by atoms with van der Waals surface area (Å²) < 4.78 is 32.6. The summed E-state index contributed by atoms with van der Waals surface area (Å²) in [6.07, 6.45) is 1.26. The molecule has 156 valence electrons. The molecule has 0 aromatic heterocycles. The standard InChI is InChI=1S/C21H25ClN2O4S/c1-14-6-4-7-15(2)20(14)23-21(25)16-8-5-11-24(13-16)29(26,27)17-9-10-19(28-3)18(22)12-17/h4,6-7,9-10,12,16H,5,8,11,13H2,1-3H3,(H,23,25). The molecule has 1 N–H and O–H groups in total. The van der Waals surface area contributed by atoms with Crippen LogP contribution in [-0.4, -0.2) is 38.8 Å². The van der Waals surface area contributed by atoms with Gasteiger partial charge >= 0.3 is 0 Å². The van der Waals surface area contributed by atoms with Crippen molar-refractivity contribution in [1.82, 2.24) is 4.31 Å². The number of carbonyl (C=O) groups is 1. The highest BCUT2D eigenvalue weighted by Gasteiger charge is 2.33. The first-order chi connectivity index (χ1) is 13.7. The molecule has 1 fully saturated rings. The van der Waals surface area contributed by atoms with E-state index in [-0.39, 0.29) is 22.4 Å². The number of halogens is 1. The van der Waals surface area contributed by atoms with Crippen LogP contribution >= 0.6 is 11.6 Å². The molecule has 0 bridgehead atoms. The summed E-state index contributed by atoms with van der Waals surface area (Å²) in [6, 6.07) is 10.2. The van der Waals surface area contributed by atoms with E-state index in [9.17, 15) is 13.2 Å². The van der Waals surface area contributed by atoms with E-state index in [0.717, 1.165) is 16.8 Å². The van der Waals surface area contributed by atoms with Crippen molar-refractivity contribution in [3.63, 3.8) is 0 Å². The average Bonchev–Trinajstić information content (AvgIpc) is 2.70. The fraction of sp³-hybridized carbons (Fsp3) is 0.381. The number of nitrogens with zero attached hydrogens (tertiary/aromatic N) is 1. The second-order valence-electron chi connectivity index (χ2n) is 7.25. The predicted octanol–water partition coefficient (Wildman–Crippen LogP) is 4.00. The minimum atomic E-state index is -3.75. The quantitative estimate of drug-likeness (QED) is 0.768. The summed E-state index contributed by atoms with van der Waals surface area (Å²) in [4.78, 5) is 12.9. The Labute approximate surface area is 176 Å². The normalized spacial score (nSPS) is 17.7. The Hall–Kier alpha value is -2.09. The minimum Gasteiger partial charge on any atom is -0.495 e. The number of nitrogens with one attached hydrogen (secondary N) is 1. The summed E-state index contributed by atoms with van der Waals surface area (Å²) in [5.41, 5.74) is 2.75. The molecular formula is C21H25ClN2O4S. The maximum absolute atomic E-state index is 13.1. The molecule has 8 heteroatoms. The number of methoxy groups -OCH3 is 1. The van der Waals surface area contributed by atoms with Gasteiger partial charge in [0, 0.05) is 18.8 Å². The molecule has 1 aliphatic heterocycles. The third-order valence-electron chi connectivity index (χ3n) is 5.25. The van der Waals surface area contributed by atoms with Crippen LogP contribution in [0, 0.1) is 19.8 Å². The highest BCUT2D eigenvalue weighted by atomic mass is 35.5. The Kier molecular flexibility index (Phi) is 6.51. The Morgan fingerprint density at radius 2 is 1.90 bits per heavy atom. The largest absolute Gasteiger partial charge is 0.495 e. The molecule has 1 amide bonds. The fourth-order valence-corrected chi connectivity index (χ4v) is 5.44. The lowest BCUT2D eigenvalue weighted by molar-refractivity contribution is -0.120. The molecule has 1 aliphatic rings. The van der Waals surface area contributed by atoms with Crippen LogP contribution in [0.2, 0.25) is 5.02 Å². The number of rotatable bonds is 5. The summed E-state index contributed by atoms with van der Waals surface area (Å²) in [7, 11) is -2.28. The van der Waals surface area contributed by atoms with Crippen molar-refractivity contribution in [2.75, 3.05) is 25.5 Å². The molecule has 2 aromatic rings. The molecule has 1 saturated heterocycles. The van der Waals surface area contributed by atoms with Crippen molar-refractivity contribution >= 4 is 33.2 Å². The number of piperidine rings is 1. The van der Waals surface area contributed by atoms with Gasteiger partial charge < -0.3 is 10.1 Å². The van der Waals surface area contributed by atoms with Crippen molar-refractivity contribution < 1.29 is 17.9 Å². The van der Waals surface area contributed by atoms with E-state index in [1.54, 1.807) is 0 Å². The molecule has 3 rings (SSSR count). The van der Waals surface area contributed by atoms with Gasteiger partial charge in [-0.1, -0.05) is 29.8 Å². The lowest BCUT2D eigenvalue weighted by atomic mass is 9.98.